The molecule has 1 aromatic carbocycles. The lowest BCUT2D eigenvalue weighted by Gasteiger charge is -2.11. The summed E-state index contributed by atoms with van der Waals surface area (Å²) in [6.07, 6.45) is 0.331. The van der Waals surface area contributed by atoms with Gasteiger partial charge < -0.3 is 10.1 Å². The fourth-order valence-electron chi connectivity index (χ4n) is 1.61. The fourth-order valence-corrected chi connectivity index (χ4v) is 2.32. The van der Waals surface area contributed by atoms with Crippen LogP contribution in [0.25, 0.3) is 0 Å². The highest BCUT2D eigenvalue weighted by Gasteiger charge is 2.08. The molecule has 19 heavy (non-hydrogen) atoms. The number of carbonyl (C=O) groups is 2. The number of benzene rings is 1. The zero-order valence-corrected chi connectivity index (χ0v) is 12.3. The Morgan fingerprint density at radius 3 is 2.47 bits per heavy atom. The van der Waals surface area contributed by atoms with Crippen LogP contribution < -0.4 is 5.32 Å². The van der Waals surface area contributed by atoms with E-state index in [0.29, 0.717) is 17.9 Å². The van der Waals surface area contributed by atoms with Gasteiger partial charge in [0.25, 0.3) is 0 Å². The van der Waals surface area contributed by atoms with Crippen molar-refractivity contribution in [1.29, 1.82) is 0 Å². The molecule has 0 aliphatic rings. The number of hydrogen-bond donors (Lipinski definition) is 1. The fraction of sp³-hybridized carbons (Fsp3) is 0.429. The second-order valence-corrected chi connectivity index (χ2v) is 5.30. The average molecular weight is 281 g/mol. The summed E-state index contributed by atoms with van der Waals surface area (Å²) in [5.41, 5.74) is 2.97. The molecule has 104 valence electrons. The minimum atomic E-state index is -0.248. The first-order valence-electron chi connectivity index (χ1n) is 6.05. The number of ether oxygens (including phenoxy) is 1. The number of amides is 1. The van der Waals surface area contributed by atoms with Crippen molar-refractivity contribution in [3.63, 3.8) is 0 Å². The smallest absolute Gasteiger partial charge is 0.306 e. The first-order valence-corrected chi connectivity index (χ1v) is 7.20. The summed E-state index contributed by atoms with van der Waals surface area (Å²) in [7, 11) is 1.36. The third kappa shape index (κ3) is 5.34. The summed E-state index contributed by atoms with van der Waals surface area (Å²) in [4.78, 5) is 22.7. The van der Waals surface area contributed by atoms with Gasteiger partial charge in [-0.2, -0.15) is 11.8 Å². The van der Waals surface area contributed by atoms with Crippen molar-refractivity contribution in [2.24, 2.45) is 0 Å². The predicted molar refractivity (Wildman–Crippen MR) is 78.5 cm³/mol. The average Bonchev–Trinajstić information content (AvgIpc) is 2.39. The Hall–Kier alpha value is -1.49. The largest absolute Gasteiger partial charge is 0.469 e. The number of thioether (sulfide) groups is 1. The summed E-state index contributed by atoms with van der Waals surface area (Å²) in [6, 6.07) is 5.89. The molecule has 1 amide bonds. The van der Waals surface area contributed by atoms with E-state index in [9.17, 15) is 9.59 Å². The van der Waals surface area contributed by atoms with Crippen LogP contribution in [0, 0.1) is 13.8 Å². The van der Waals surface area contributed by atoms with E-state index in [-0.39, 0.29) is 11.9 Å². The molecule has 0 bridgehead atoms. The van der Waals surface area contributed by atoms with Crippen LogP contribution in [0.4, 0.5) is 5.69 Å². The van der Waals surface area contributed by atoms with Gasteiger partial charge in [0.1, 0.15) is 0 Å². The molecule has 0 saturated heterocycles. The molecule has 1 aromatic rings. The molecular formula is C14H19NO3S. The topological polar surface area (TPSA) is 55.4 Å². The van der Waals surface area contributed by atoms with E-state index in [1.165, 1.54) is 18.9 Å². The van der Waals surface area contributed by atoms with Crippen LogP contribution in [0.3, 0.4) is 0 Å². The van der Waals surface area contributed by atoms with Crippen LogP contribution >= 0.6 is 11.8 Å². The Labute approximate surface area is 117 Å². The van der Waals surface area contributed by atoms with E-state index in [4.69, 9.17) is 0 Å². The van der Waals surface area contributed by atoms with Crippen molar-refractivity contribution in [3.8, 4) is 0 Å². The molecule has 0 aromatic heterocycles. The van der Waals surface area contributed by atoms with E-state index >= 15 is 0 Å². The van der Waals surface area contributed by atoms with Crippen molar-refractivity contribution in [2.75, 3.05) is 23.9 Å². The molecule has 5 heteroatoms. The van der Waals surface area contributed by atoms with E-state index < -0.39 is 0 Å². The molecule has 0 fully saturated rings. The van der Waals surface area contributed by atoms with Crippen LogP contribution in [0.2, 0.25) is 0 Å². The number of nitrogens with one attached hydrogen (secondary N) is 1. The highest BCUT2D eigenvalue weighted by Crippen LogP contribution is 2.19. The molecule has 1 rings (SSSR count). The minimum absolute atomic E-state index is 0.0488. The molecule has 1 N–H and O–H groups in total. The summed E-state index contributed by atoms with van der Waals surface area (Å²) < 4.78 is 4.53. The molecule has 0 atom stereocenters. The van der Waals surface area contributed by atoms with Crippen LogP contribution in [-0.2, 0) is 14.3 Å². The van der Waals surface area contributed by atoms with Gasteiger partial charge in [-0.1, -0.05) is 18.2 Å². The van der Waals surface area contributed by atoms with Crippen LogP contribution in [0.15, 0.2) is 18.2 Å². The van der Waals surface area contributed by atoms with E-state index in [1.54, 1.807) is 0 Å². The maximum atomic E-state index is 11.8. The number of para-hydroxylation sites is 1. The Balaban J connectivity index is 2.37. The lowest BCUT2D eigenvalue weighted by atomic mass is 10.1. The monoisotopic (exact) mass is 281 g/mol. The van der Waals surface area contributed by atoms with Gasteiger partial charge >= 0.3 is 5.97 Å². The molecule has 0 aliphatic carbocycles. The van der Waals surface area contributed by atoms with Gasteiger partial charge in [-0.15, -0.1) is 0 Å². The summed E-state index contributed by atoms with van der Waals surface area (Å²) in [5.74, 6) is 0.632. The summed E-state index contributed by atoms with van der Waals surface area (Å²) >= 11 is 1.42. The lowest BCUT2D eigenvalue weighted by molar-refractivity contribution is -0.140. The second-order valence-electron chi connectivity index (χ2n) is 4.19. The third-order valence-electron chi connectivity index (χ3n) is 2.66. The van der Waals surface area contributed by atoms with Gasteiger partial charge in [0.05, 0.1) is 19.3 Å². The Morgan fingerprint density at radius 2 is 1.89 bits per heavy atom. The molecule has 0 radical (unpaired) electrons. The Kier molecular flexibility index (Phi) is 6.42. The molecular weight excluding hydrogens is 262 g/mol. The zero-order chi connectivity index (χ0) is 14.3. The number of hydrogen-bond acceptors (Lipinski definition) is 4. The van der Waals surface area contributed by atoms with Crippen molar-refractivity contribution < 1.29 is 14.3 Å². The maximum Gasteiger partial charge on any atom is 0.306 e. The number of esters is 1. The van der Waals surface area contributed by atoms with Gasteiger partial charge in [-0.25, -0.2) is 0 Å². The second kappa shape index (κ2) is 7.84. The SMILES string of the molecule is COC(=O)CCSCC(=O)Nc1c(C)cccc1C. The maximum absolute atomic E-state index is 11.8. The molecule has 0 unspecified atom stereocenters. The van der Waals surface area contributed by atoms with Crippen molar-refractivity contribution in [2.45, 2.75) is 20.3 Å². The lowest BCUT2D eigenvalue weighted by Crippen LogP contribution is -2.16. The quantitative estimate of drug-likeness (QED) is 0.643. The standard InChI is InChI=1S/C14H19NO3S/c1-10-5-4-6-11(2)14(10)15-12(16)9-19-8-7-13(17)18-3/h4-6H,7-9H2,1-3H3,(H,15,16). The van der Waals surface area contributed by atoms with Gasteiger partial charge in [0.15, 0.2) is 0 Å². The van der Waals surface area contributed by atoms with Gasteiger partial charge in [-0.3, -0.25) is 9.59 Å². The van der Waals surface area contributed by atoms with Crippen LogP contribution in [0.5, 0.6) is 0 Å². The predicted octanol–water partition coefficient (Wildman–Crippen LogP) is 2.54. The first-order chi connectivity index (χ1) is 9.04. The molecule has 0 aliphatic heterocycles. The molecule has 0 heterocycles. The number of rotatable bonds is 6. The molecule has 4 nitrogen and oxygen atoms in total. The molecule has 0 saturated carbocycles. The Bertz CT molecular complexity index is 440. The Morgan fingerprint density at radius 1 is 1.26 bits per heavy atom. The summed E-state index contributed by atoms with van der Waals surface area (Å²) in [5, 5.41) is 2.90. The minimum Gasteiger partial charge on any atom is -0.469 e. The van der Waals surface area contributed by atoms with Crippen molar-refractivity contribution in [1.82, 2.24) is 0 Å². The van der Waals surface area contributed by atoms with Crippen molar-refractivity contribution in [3.05, 3.63) is 29.3 Å². The van der Waals surface area contributed by atoms with Gasteiger partial charge in [-0.05, 0) is 25.0 Å². The third-order valence-corrected chi connectivity index (χ3v) is 3.62. The normalized spacial score (nSPS) is 10.1. The number of anilines is 1. The summed E-state index contributed by atoms with van der Waals surface area (Å²) in [6.45, 7) is 3.93. The molecule has 0 spiro atoms. The van der Waals surface area contributed by atoms with Gasteiger partial charge in [0.2, 0.25) is 5.91 Å². The van der Waals surface area contributed by atoms with Crippen LogP contribution in [-0.4, -0.2) is 30.5 Å². The van der Waals surface area contributed by atoms with E-state index in [2.05, 4.69) is 10.1 Å². The van der Waals surface area contributed by atoms with Crippen LogP contribution in [0.1, 0.15) is 17.5 Å². The highest BCUT2D eigenvalue weighted by atomic mass is 32.2. The van der Waals surface area contributed by atoms with E-state index in [1.807, 2.05) is 32.0 Å². The highest BCUT2D eigenvalue weighted by molar-refractivity contribution is 7.99. The number of carbonyl (C=O) groups excluding carboxylic acids is 2. The number of methoxy groups -OCH3 is 1. The van der Waals surface area contributed by atoms with E-state index in [0.717, 1.165) is 16.8 Å². The number of aryl methyl sites for hydroxylation is 2. The zero-order valence-electron chi connectivity index (χ0n) is 11.5. The van der Waals surface area contributed by atoms with Gasteiger partial charge in [0, 0.05) is 11.4 Å². The van der Waals surface area contributed by atoms with Crippen molar-refractivity contribution >= 4 is 29.3 Å². The first kappa shape index (κ1) is 15.6.